The maximum absolute atomic E-state index is 10.7. The molecule has 1 aromatic carbocycles. The van der Waals surface area contributed by atoms with Gasteiger partial charge in [0.2, 0.25) is 5.75 Å². The zero-order valence-electron chi connectivity index (χ0n) is 8.19. The Hall–Kier alpha value is -2.22. The molecule has 0 aliphatic carbocycles. The molecule has 0 aromatic heterocycles. The second kappa shape index (κ2) is 4.53. The number of nitro groups is 2. The number of hydrogen-bond acceptors (Lipinski definition) is 6. The van der Waals surface area contributed by atoms with Crippen molar-refractivity contribution in [3.05, 3.63) is 38.4 Å². The average Bonchev–Trinajstić information content (AvgIpc) is 2.15. The van der Waals surface area contributed by atoms with Gasteiger partial charge in [-0.3, -0.25) is 20.2 Å². The Labute approximate surface area is 89.4 Å². The van der Waals surface area contributed by atoms with E-state index >= 15 is 0 Å². The second-order valence-electron chi connectivity index (χ2n) is 2.86. The fourth-order valence-electron chi connectivity index (χ4n) is 1.12. The fourth-order valence-corrected chi connectivity index (χ4v) is 1.12. The van der Waals surface area contributed by atoms with Gasteiger partial charge in [0.25, 0.3) is 0 Å². The summed E-state index contributed by atoms with van der Waals surface area (Å²) < 4.78 is 4.71. The third-order valence-corrected chi connectivity index (χ3v) is 1.65. The van der Waals surface area contributed by atoms with E-state index in [1.54, 1.807) is 0 Å². The lowest BCUT2D eigenvalue weighted by Crippen LogP contribution is -2.11. The summed E-state index contributed by atoms with van der Waals surface area (Å²) >= 11 is 0. The molecule has 0 spiro atoms. The zero-order chi connectivity index (χ0) is 12.3. The highest BCUT2D eigenvalue weighted by molar-refractivity contribution is 5.61. The van der Waals surface area contributed by atoms with E-state index in [0.717, 1.165) is 6.07 Å². The Kier molecular flexibility index (Phi) is 3.36. The van der Waals surface area contributed by atoms with Crippen LogP contribution in [0.15, 0.2) is 18.2 Å². The first kappa shape index (κ1) is 11.9. The van der Waals surface area contributed by atoms with E-state index in [4.69, 9.17) is 9.84 Å². The summed E-state index contributed by atoms with van der Waals surface area (Å²) in [7, 11) is 0. The average molecular weight is 228 g/mol. The van der Waals surface area contributed by atoms with Gasteiger partial charge in [-0.05, 0) is 13.0 Å². The van der Waals surface area contributed by atoms with Crippen LogP contribution in [0.4, 0.5) is 11.4 Å². The predicted octanol–water partition coefficient (Wildman–Crippen LogP) is 1.22. The van der Waals surface area contributed by atoms with Crippen molar-refractivity contribution in [3.63, 3.8) is 0 Å². The van der Waals surface area contributed by atoms with Crippen LogP contribution < -0.4 is 4.74 Å². The van der Waals surface area contributed by atoms with Gasteiger partial charge in [0.05, 0.1) is 9.85 Å². The van der Waals surface area contributed by atoms with Crippen LogP contribution in [0.2, 0.25) is 0 Å². The van der Waals surface area contributed by atoms with E-state index in [-0.39, 0.29) is 5.75 Å². The lowest BCUT2D eigenvalue weighted by molar-refractivity contribution is -0.423. The molecule has 1 atom stereocenters. The van der Waals surface area contributed by atoms with Crippen molar-refractivity contribution in [3.8, 4) is 5.75 Å². The number of ether oxygens (including phenoxy) is 1. The second-order valence-corrected chi connectivity index (χ2v) is 2.86. The van der Waals surface area contributed by atoms with Crippen LogP contribution in [-0.4, -0.2) is 21.2 Å². The van der Waals surface area contributed by atoms with Gasteiger partial charge in [-0.2, -0.15) is 0 Å². The van der Waals surface area contributed by atoms with Crippen molar-refractivity contribution in [2.45, 2.75) is 13.2 Å². The van der Waals surface area contributed by atoms with Crippen molar-refractivity contribution in [2.24, 2.45) is 0 Å². The molecule has 1 N–H and O–H groups in total. The highest BCUT2D eigenvalue weighted by Gasteiger charge is 2.29. The van der Waals surface area contributed by atoms with Gasteiger partial charge in [0.1, 0.15) is 0 Å². The van der Waals surface area contributed by atoms with Crippen LogP contribution in [-0.2, 0) is 0 Å². The molecule has 0 amide bonds. The number of nitrogens with zero attached hydrogens (tertiary/aromatic N) is 2. The van der Waals surface area contributed by atoms with Crippen molar-refractivity contribution < 1.29 is 19.7 Å². The number of aliphatic hydroxyl groups is 1. The third kappa shape index (κ3) is 2.42. The zero-order valence-corrected chi connectivity index (χ0v) is 8.19. The summed E-state index contributed by atoms with van der Waals surface area (Å²) in [5.74, 6) is -0.339. The number of hydrogen-bond donors (Lipinski definition) is 1. The molecule has 1 rings (SSSR count). The van der Waals surface area contributed by atoms with Crippen molar-refractivity contribution in [1.29, 1.82) is 0 Å². The first-order valence-corrected chi connectivity index (χ1v) is 4.20. The Morgan fingerprint density at radius 2 is 1.94 bits per heavy atom. The molecule has 0 bridgehead atoms. The number of benzene rings is 1. The molecule has 16 heavy (non-hydrogen) atoms. The van der Waals surface area contributed by atoms with E-state index in [9.17, 15) is 20.2 Å². The maximum atomic E-state index is 10.7. The number of rotatable bonds is 4. The molecule has 0 heterocycles. The lowest BCUT2D eigenvalue weighted by atomic mass is 10.2. The third-order valence-electron chi connectivity index (χ3n) is 1.65. The Morgan fingerprint density at radius 3 is 2.38 bits per heavy atom. The normalized spacial score (nSPS) is 11.9. The topological polar surface area (TPSA) is 116 Å². The highest BCUT2D eigenvalue weighted by atomic mass is 16.6. The van der Waals surface area contributed by atoms with E-state index < -0.39 is 27.5 Å². The summed E-state index contributed by atoms with van der Waals surface area (Å²) in [4.78, 5) is 19.4. The molecule has 0 aliphatic heterocycles. The first-order valence-electron chi connectivity index (χ1n) is 4.20. The summed E-state index contributed by atoms with van der Waals surface area (Å²) in [6, 6.07) is 3.41. The quantitative estimate of drug-likeness (QED) is 0.470. The number of nitro benzene ring substituents is 2. The molecular weight excluding hydrogens is 220 g/mol. The van der Waals surface area contributed by atoms with Gasteiger partial charge in [-0.15, -0.1) is 0 Å². The fraction of sp³-hybridized carbons (Fsp3) is 0.250. The Balaban J connectivity index is 3.32. The highest BCUT2D eigenvalue weighted by Crippen LogP contribution is 2.36. The van der Waals surface area contributed by atoms with Crippen molar-refractivity contribution in [1.82, 2.24) is 0 Å². The summed E-state index contributed by atoms with van der Waals surface area (Å²) in [6.45, 7) is 1.24. The molecule has 0 saturated heterocycles. The maximum Gasteiger partial charge on any atom is 0.387 e. The van der Waals surface area contributed by atoms with Crippen molar-refractivity contribution in [2.75, 3.05) is 0 Å². The van der Waals surface area contributed by atoms with Crippen LogP contribution >= 0.6 is 0 Å². The standard InChI is InChI=1S/C8H8N2O6/c1-5(11)16-7-4-2-3-6(9(12)13)8(7)10(14)15/h2-5,11H,1H3. The van der Waals surface area contributed by atoms with E-state index in [2.05, 4.69) is 0 Å². The predicted molar refractivity (Wildman–Crippen MR) is 52.1 cm³/mol. The van der Waals surface area contributed by atoms with Crippen LogP contribution in [0.3, 0.4) is 0 Å². The smallest absolute Gasteiger partial charge is 0.387 e. The Bertz CT molecular complexity index is 431. The SMILES string of the molecule is CC(O)Oc1cccc([N+](=O)[O-])c1[N+](=O)[O-]. The van der Waals surface area contributed by atoms with Gasteiger partial charge >= 0.3 is 11.4 Å². The van der Waals surface area contributed by atoms with Gasteiger partial charge < -0.3 is 9.84 Å². The molecule has 8 nitrogen and oxygen atoms in total. The van der Waals surface area contributed by atoms with E-state index in [1.165, 1.54) is 19.1 Å². The van der Waals surface area contributed by atoms with Gasteiger partial charge in [-0.1, -0.05) is 6.07 Å². The van der Waals surface area contributed by atoms with Crippen molar-refractivity contribution >= 4 is 11.4 Å². The van der Waals surface area contributed by atoms with E-state index in [0.29, 0.717) is 0 Å². The molecule has 1 unspecified atom stereocenters. The molecule has 1 aromatic rings. The molecule has 0 fully saturated rings. The summed E-state index contributed by atoms with van der Waals surface area (Å²) in [5.41, 5.74) is -1.45. The molecular formula is C8H8N2O6. The molecule has 0 saturated carbocycles. The number of para-hydroxylation sites is 1. The monoisotopic (exact) mass is 228 g/mol. The van der Waals surface area contributed by atoms with Gasteiger partial charge in [-0.25, -0.2) is 0 Å². The Morgan fingerprint density at radius 1 is 1.31 bits per heavy atom. The lowest BCUT2D eigenvalue weighted by Gasteiger charge is -2.08. The van der Waals surface area contributed by atoms with Crippen LogP contribution in [0, 0.1) is 20.2 Å². The molecule has 8 heteroatoms. The molecule has 0 aliphatic rings. The molecule has 86 valence electrons. The first-order chi connectivity index (χ1) is 7.43. The summed E-state index contributed by atoms with van der Waals surface area (Å²) in [6.07, 6.45) is -1.29. The van der Waals surface area contributed by atoms with Crippen LogP contribution in [0.5, 0.6) is 5.75 Å². The summed E-state index contributed by atoms with van der Waals surface area (Å²) in [5, 5.41) is 30.1. The van der Waals surface area contributed by atoms with Gasteiger partial charge in [0, 0.05) is 6.07 Å². The minimum Gasteiger partial charge on any atom is -0.458 e. The van der Waals surface area contributed by atoms with E-state index in [1.807, 2.05) is 0 Å². The van der Waals surface area contributed by atoms with Crippen LogP contribution in [0.25, 0.3) is 0 Å². The molecule has 0 radical (unpaired) electrons. The van der Waals surface area contributed by atoms with Gasteiger partial charge in [0.15, 0.2) is 6.29 Å². The van der Waals surface area contributed by atoms with Crippen LogP contribution in [0.1, 0.15) is 6.92 Å². The minimum absolute atomic E-state index is 0.339. The number of aliphatic hydroxyl groups excluding tert-OH is 1. The minimum atomic E-state index is -1.29. The largest absolute Gasteiger partial charge is 0.458 e.